The fraction of sp³-hybridized carbons (Fsp3) is 0.700. The summed E-state index contributed by atoms with van der Waals surface area (Å²) in [6.45, 7) is 2.99. The summed E-state index contributed by atoms with van der Waals surface area (Å²) in [6.07, 6.45) is 11.5. The highest BCUT2D eigenvalue weighted by atomic mass is 16.5. The van der Waals surface area contributed by atoms with Crippen molar-refractivity contribution in [2.45, 2.75) is 69.7 Å². The molecular weight excluding hydrogens is 326 g/mol. The molecule has 3 atom stereocenters. The Balaban J connectivity index is 1.28. The second kappa shape index (κ2) is 8.25. The predicted molar refractivity (Wildman–Crippen MR) is 105 cm³/mol. The number of guanidine groups is 1. The van der Waals surface area contributed by atoms with E-state index >= 15 is 0 Å². The molecule has 26 heavy (non-hydrogen) atoms. The number of hydrogen-bond donors (Lipinski definition) is 2. The Bertz CT molecular complexity index is 609. The molecule has 1 aromatic heterocycles. The monoisotopic (exact) mass is 357 g/mol. The number of nitrogens with one attached hydrogen (secondary N) is 2. The predicted octanol–water partition coefficient (Wildman–Crippen LogP) is 2.45. The fourth-order valence-electron chi connectivity index (χ4n) is 4.35. The fourth-order valence-corrected chi connectivity index (χ4v) is 4.35. The molecule has 6 nitrogen and oxygen atoms in total. The lowest BCUT2D eigenvalue weighted by molar-refractivity contribution is 0.0992. The Hall–Kier alpha value is -1.82. The second-order valence-corrected chi connectivity index (χ2v) is 7.71. The van der Waals surface area contributed by atoms with Gasteiger partial charge < -0.3 is 20.3 Å². The van der Waals surface area contributed by atoms with Gasteiger partial charge in [-0.3, -0.25) is 4.99 Å². The summed E-state index contributed by atoms with van der Waals surface area (Å²) in [5, 5.41) is 6.93. The molecule has 3 fully saturated rings. The number of fused-ring (bicyclic) bond motifs is 2. The Morgan fingerprint density at radius 3 is 2.69 bits per heavy atom. The van der Waals surface area contributed by atoms with Crippen molar-refractivity contribution in [3.8, 4) is 0 Å². The third-order valence-corrected chi connectivity index (χ3v) is 5.85. The second-order valence-electron chi connectivity index (χ2n) is 7.71. The number of anilines is 1. The molecule has 3 aliphatic rings. The van der Waals surface area contributed by atoms with E-state index in [2.05, 4.69) is 37.6 Å². The van der Waals surface area contributed by atoms with Crippen LogP contribution in [-0.4, -0.2) is 49.3 Å². The summed E-state index contributed by atoms with van der Waals surface area (Å²) in [6, 6.07) is 4.72. The Morgan fingerprint density at radius 2 is 2.08 bits per heavy atom. The molecule has 1 aromatic rings. The maximum atomic E-state index is 5.91. The number of aliphatic imine (C=N–C) groups is 1. The van der Waals surface area contributed by atoms with Crippen molar-refractivity contribution in [1.29, 1.82) is 0 Å². The smallest absolute Gasteiger partial charge is 0.191 e. The van der Waals surface area contributed by atoms with E-state index in [1.807, 2.05) is 13.2 Å². The van der Waals surface area contributed by atoms with E-state index < -0.39 is 0 Å². The van der Waals surface area contributed by atoms with Crippen LogP contribution in [-0.2, 0) is 11.3 Å². The van der Waals surface area contributed by atoms with E-state index in [1.165, 1.54) is 44.1 Å². The zero-order valence-corrected chi connectivity index (χ0v) is 15.8. The summed E-state index contributed by atoms with van der Waals surface area (Å²) in [7, 11) is 1.82. The van der Waals surface area contributed by atoms with Crippen molar-refractivity contribution in [2.24, 2.45) is 4.99 Å². The first-order chi connectivity index (χ1) is 12.8. The third-order valence-electron chi connectivity index (χ3n) is 5.85. The van der Waals surface area contributed by atoms with Crippen molar-refractivity contribution in [1.82, 2.24) is 15.6 Å². The maximum absolute atomic E-state index is 5.91. The van der Waals surface area contributed by atoms with E-state index in [0.29, 0.717) is 18.2 Å². The summed E-state index contributed by atoms with van der Waals surface area (Å²) in [4.78, 5) is 11.5. The van der Waals surface area contributed by atoms with Crippen LogP contribution in [0.2, 0.25) is 0 Å². The van der Waals surface area contributed by atoms with Crippen molar-refractivity contribution in [3.05, 3.63) is 23.9 Å². The highest BCUT2D eigenvalue weighted by Gasteiger charge is 2.41. The molecular formula is C20H31N5O. The van der Waals surface area contributed by atoms with Crippen LogP contribution in [0.15, 0.2) is 23.3 Å². The minimum Gasteiger partial charge on any atom is -0.373 e. The molecule has 3 saturated heterocycles. The molecule has 3 unspecified atom stereocenters. The van der Waals surface area contributed by atoms with E-state index in [0.717, 1.165) is 37.8 Å². The van der Waals surface area contributed by atoms with Gasteiger partial charge in [-0.15, -0.1) is 0 Å². The third kappa shape index (κ3) is 4.11. The molecule has 0 amide bonds. The lowest BCUT2D eigenvalue weighted by Crippen LogP contribution is -2.47. The van der Waals surface area contributed by atoms with E-state index in [1.54, 1.807) is 0 Å². The molecule has 3 aliphatic heterocycles. The van der Waals surface area contributed by atoms with Gasteiger partial charge in [-0.2, -0.15) is 0 Å². The first kappa shape index (κ1) is 17.6. The maximum Gasteiger partial charge on any atom is 0.191 e. The van der Waals surface area contributed by atoms with Gasteiger partial charge in [0.15, 0.2) is 5.96 Å². The molecule has 4 heterocycles. The molecule has 2 N–H and O–H groups in total. The van der Waals surface area contributed by atoms with Gasteiger partial charge in [0.1, 0.15) is 5.82 Å². The first-order valence-electron chi connectivity index (χ1n) is 10.1. The van der Waals surface area contributed by atoms with Crippen LogP contribution in [0.25, 0.3) is 0 Å². The largest absolute Gasteiger partial charge is 0.373 e. The summed E-state index contributed by atoms with van der Waals surface area (Å²) in [5.74, 6) is 1.96. The topological polar surface area (TPSA) is 61.8 Å². The van der Waals surface area contributed by atoms with Gasteiger partial charge in [-0.05, 0) is 43.7 Å². The molecule has 0 saturated carbocycles. The number of pyridine rings is 1. The molecule has 4 rings (SSSR count). The minimum absolute atomic E-state index is 0.355. The minimum atomic E-state index is 0.355. The average Bonchev–Trinajstić information content (AvgIpc) is 3.19. The van der Waals surface area contributed by atoms with Crippen LogP contribution in [0, 0.1) is 0 Å². The van der Waals surface area contributed by atoms with E-state index in [9.17, 15) is 0 Å². The van der Waals surface area contributed by atoms with Crippen LogP contribution in [0.4, 0.5) is 5.82 Å². The lowest BCUT2D eigenvalue weighted by atomic mass is 9.96. The van der Waals surface area contributed by atoms with Gasteiger partial charge in [-0.1, -0.05) is 18.9 Å². The number of rotatable bonds is 4. The summed E-state index contributed by atoms with van der Waals surface area (Å²) < 4.78 is 5.91. The van der Waals surface area contributed by atoms with Crippen LogP contribution in [0.5, 0.6) is 0 Å². The quantitative estimate of drug-likeness (QED) is 0.640. The normalized spacial score (nSPS) is 28.9. The van der Waals surface area contributed by atoms with Gasteiger partial charge in [0.05, 0.1) is 18.2 Å². The van der Waals surface area contributed by atoms with Gasteiger partial charge in [0.2, 0.25) is 0 Å². The van der Waals surface area contributed by atoms with Crippen LogP contribution < -0.4 is 15.5 Å². The van der Waals surface area contributed by atoms with Crippen molar-refractivity contribution in [2.75, 3.05) is 25.0 Å². The number of nitrogens with zero attached hydrogens (tertiary/aromatic N) is 3. The summed E-state index contributed by atoms with van der Waals surface area (Å²) in [5.41, 5.74) is 1.18. The zero-order valence-electron chi connectivity index (χ0n) is 15.8. The molecule has 2 bridgehead atoms. The van der Waals surface area contributed by atoms with E-state index in [-0.39, 0.29) is 0 Å². The highest BCUT2D eigenvalue weighted by Crippen LogP contribution is 2.34. The zero-order chi connectivity index (χ0) is 17.8. The standard InChI is InChI=1S/C20H31N5O/c1-21-20(24-17-12-16-7-8-18(17)26-16)23-14-15-6-9-19(22-13-15)25-10-4-2-3-5-11-25/h6,9,13,16-18H,2-5,7-8,10-12,14H2,1H3,(H2,21,23,24). The lowest BCUT2D eigenvalue weighted by Gasteiger charge is -2.23. The van der Waals surface area contributed by atoms with Crippen molar-refractivity contribution in [3.63, 3.8) is 0 Å². The van der Waals surface area contributed by atoms with Gasteiger partial charge in [0.25, 0.3) is 0 Å². The Morgan fingerprint density at radius 1 is 1.23 bits per heavy atom. The van der Waals surface area contributed by atoms with Crippen molar-refractivity contribution >= 4 is 11.8 Å². The number of ether oxygens (including phenoxy) is 1. The Kier molecular flexibility index (Phi) is 5.58. The van der Waals surface area contributed by atoms with Gasteiger partial charge in [-0.25, -0.2) is 4.98 Å². The van der Waals surface area contributed by atoms with Crippen LogP contribution >= 0.6 is 0 Å². The van der Waals surface area contributed by atoms with Crippen LogP contribution in [0.3, 0.4) is 0 Å². The molecule has 6 heteroatoms. The van der Waals surface area contributed by atoms with Crippen molar-refractivity contribution < 1.29 is 4.74 Å². The number of hydrogen-bond acceptors (Lipinski definition) is 4. The van der Waals surface area contributed by atoms with Crippen LogP contribution in [0.1, 0.15) is 50.5 Å². The average molecular weight is 358 g/mol. The number of aromatic nitrogens is 1. The Labute approximate surface area is 156 Å². The molecule has 142 valence electrons. The SMILES string of the molecule is CN=C(NCc1ccc(N2CCCCCC2)nc1)NC1CC2CCC1O2. The summed E-state index contributed by atoms with van der Waals surface area (Å²) >= 11 is 0. The molecule has 0 radical (unpaired) electrons. The first-order valence-corrected chi connectivity index (χ1v) is 10.1. The van der Waals surface area contributed by atoms with E-state index in [4.69, 9.17) is 4.74 Å². The molecule has 0 aliphatic carbocycles. The molecule has 0 spiro atoms. The molecule has 0 aromatic carbocycles. The van der Waals surface area contributed by atoms with Gasteiger partial charge in [0, 0.05) is 32.9 Å². The highest BCUT2D eigenvalue weighted by molar-refractivity contribution is 5.80. The van der Waals surface area contributed by atoms with Gasteiger partial charge >= 0.3 is 0 Å².